The van der Waals surface area contributed by atoms with Crippen LogP contribution in [-0.2, 0) is 25.1 Å². The van der Waals surface area contributed by atoms with Gasteiger partial charge in [-0.25, -0.2) is 4.79 Å². The van der Waals surface area contributed by atoms with Crippen LogP contribution in [0.25, 0.3) is 11.1 Å². The van der Waals surface area contributed by atoms with Crippen LogP contribution in [0.2, 0.25) is 0 Å². The third kappa shape index (κ3) is 9.44. The minimum absolute atomic E-state index is 0.0743. The van der Waals surface area contributed by atoms with E-state index in [4.69, 9.17) is 14.3 Å². The second-order valence-corrected chi connectivity index (χ2v) is 19.1. The van der Waals surface area contributed by atoms with Gasteiger partial charge in [-0.1, -0.05) is 51.2 Å². The van der Waals surface area contributed by atoms with Crippen LogP contribution in [0.5, 0.6) is 17.5 Å². The Kier molecular flexibility index (Phi) is 13.0. The number of ether oxygens (including phenoxy) is 2. The monoisotopic (exact) mass is 854 g/mol. The second-order valence-electron chi connectivity index (χ2n) is 17.7. The Morgan fingerprint density at radius 1 is 0.967 bits per heavy atom. The number of hydrogen-bond donors (Lipinski definition) is 3. The molecule has 0 saturated heterocycles. The number of benzene rings is 2. The molecule has 1 aromatic heterocycles. The number of carbonyl (C=O) groups excluding carboxylic acids is 1. The number of nitrogens with zero attached hydrogens (tertiary/aromatic N) is 3. The number of unbranched alkanes of at least 4 members (excludes halogenated alkanes) is 2. The first-order valence-corrected chi connectivity index (χ1v) is 22.3. The molecule has 3 aromatic rings. The molecule has 0 radical (unpaired) electrons. The fourth-order valence-electron chi connectivity index (χ4n) is 8.60. The van der Waals surface area contributed by atoms with E-state index < -0.39 is 21.5 Å². The standard InChI is InChI=1S/C48H59N3O9S/c1-10-50-39-30-40-36(29-35(39)32(2)31-47(50,6)7)33(27-42(59-40)46(3,4)5)17-13-11-14-18-41-48(8,24-26-58-9)37-28-34(61(55,56)57)20-21-38(37)49(41)25-16-12-15-19-45(54)60-51-43(52)22-23-44(51)53/h11,13-14,17-18,20-23,27-31H,10,12,15-16,19,24-26H2,1-9H3,(H2-,52,53,55,56,57)/p+1. The number of anilines is 1. The van der Waals surface area contributed by atoms with E-state index in [9.17, 15) is 28.0 Å². The zero-order valence-corrected chi connectivity index (χ0v) is 37.6. The van der Waals surface area contributed by atoms with Gasteiger partial charge >= 0.3 is 5.97 Å². The molecule has 1 atom stereocenters. The van der Waals surface area contributed by atoms with Gasteiger partial charge < -0.3 is 29.4 Å². The van der Waals surface area contributed by atoms with E-state index in [0.717, 1.165) is 51.8 Å². The Morgan fingerprint density at radius 3 is 2.34 bits per heavy atom. The van der Waals surface area contributed by atoms with Crippen LogP contribution in [0.15, 0.2) is 95.7 Å². The summed E-state index contributed by atoms with van der Waals surface area (Å²) in [7, 11) is -2.84. The summed E-state index contributed by atoms with van der Waals surface area (Å²) >= 11 is 0. The predicted molar refractivity (Wildman–Crippen MR) is 239 cm³/mol. The molecule has 326 valence electrons. The summed E-state index contributed by atoms with van der Waals surface area (Å²) in [5, 5.41) is 19.6. The first-order chi connectivity index (χ1) is 28.7. The van der Waals surface area contributed by atoms with Gasteiger partial charge in [-0.2, -0.15) is 13.0 Å². The Hall–Kier alpha value is -5.37. The van der Waals surface area contributed by atoms with Crippen molar-refractivity contribution in [2.45, 2.75) is 103 Å². The van der Waals surface area contributed by atoms with Crippen LogP contribution in [-0.4, -0.2) is 76.5 Å². The van der Waals surface area contributed by atoms with Gasteiger partial charge in [-0.05, 0) is 89.3 Å². The maximum absolute atomic E-state index is 12.5. The van der Waals surface area contributed by atoms with Gasteiger partial charge in [0.2, 0.25) is 17.4 Å². The van der Waals surface area contributed by atoms with Crippen molar-refractivity contribution >= 4 is 44.3 Å². The fraction of sp³-hybridized carbons (Fsp3) is 0.417. The molecule has 3 N–H and O–H groups in total. The molecule has 0 saturated carbocycles. The van der Waals surface area contributed by atoms with Gasteiger partial charge in [0, 0.05) is 91.2 Å². The van der Waals surface area contributed by atoms with Crippen molar-refractivity contribution in [3.8, 4) is 17.5 Å². The molecule has 3 aliphatic heterocycles. The molecule has 0 fully saturated rings. The average Bonchev–Trinajstić information content (AvgIpc) is 3.62. The van der Waals surface area contributed by atoms with E-state index >= 15 is 0 Å². The van der Waals surface area contributed by atoms with Crippen molar-refractivity contribution in [3.63, 3.8) is 0 Å². The molecule has 6 rings (SSSR count). The van der Waals surface area contributed by atoms with E-state index in [-0.39, 0.29) is 34.0 Å². The number of fused-ring (bicyclic) bond motifs is 3. The molecule has 0 aliphatic carbocycles. The van der Waals surface area contributed by atoms with E-state index in [1.54, 1.807) is 19.2 Å². The number of likely N-dealkylation sites (N-methyl/N-ethyl adjacent to an activating group) is 1. The molecule has 4 heterocycles. The Bertz CT molecular complexity index is 2480. The summed E-state index contributed by atoms with van der Waals surface area (Å²) < 4.78 is 49.7. The summed E-state index contributed by atoms with van der Waals surface area (Å²) in [6.07, 6.45) is 17.0. The zero-order chi connectivity index (χ0) is 44.5. The first-order valence-electron chi connectivity index (χ1n) is 20.9. The van der Waals surface area contributed by atoms with Gasteiger partial charge in [0.25, 0.3) is 10.1 Å². The second kappa shape index (κ2) is 17.5. The lowest BCUT2D eigenvalue weighted by molar-refractivity contribution is -0.438. The molecule has 13 heteroatoms. The molecule has 61 heavy (non-hydrogen) atoms. The summed E-state index contributed by atoms with van der Waals surface area (Å²) in [5.74, 6) is 0.353. The van der Waals surface area contributed by atoms with Gasteiger partial charge in [-0.15, -0.1) is 4.73 Å². The molecule has 1 unspecified atom stereocenters. The summed E-state index contributed by atoms with van der Waals surface area (Å²) in [5.41, 5.74) is 7.13. The third-order valence-electron chi connectivity index (χ3n) is 11.8. The lowest BCUT2D eigenvalue weighted by atomic mass is 9.76. The fourth-order valence-corrected chi connectivity index (χ4v) is 9.10. The highest BCUT2D eigenvalue weighted by Crippen LogP contribution is 2.48. The molecule has 12 nitrogen and oxygen atoms in total. The highest BCUT2D eigenvalue weighted by molar-refractivity contribution is 7.85. The van der Waals surface area contributed by atoms with Crippen molar-refractivity contribution in [2.75, 3.05) is 31.7 Å². The van der Waals surface area contributed by atoms with E-state index in [0.29, 0.717) is 43.6 Å². The number of rotatable bonds is 15. The van der Waals surface area contributed by atoms with E-state index in [1.165, 1.54) is 29.3 Å². The van der Waals surface area contributed by atoms with Crippen LogP contribution >= 0.6 is 0 Å². The maximum atomic E-state index is 12.5. The van der Waals surface area contributed by atoms with Crippen LogP contribution in [0.4, 0.5) is 11.4 Å². The molecular formula is C48H60N3O9S+. The average molecular weight is 855 g/mol. The summed E-state index contributed by atoms with van der Waals surface area (Å²) in [4.78, 5) is 19.8. The third-order valence-corrected chi connectivity index (χ3v) is 12.6. The lowest BCUT2D eigenvalue weighted by Crippen LogP contribution is -2.45. The molecule has 3 aliphatic rings. The van der Waals surface area contributed by atoms with Crippen molar-refractivity contribution in [1.29, 1.82) is 0 Å². The normalized spacial score (nSPS) is 19.2. The van der Waals surface area contributed by atoms with Crippen molar-refractivity contribution in [3.05, 3.63) is 107 Å². The number of aromatic nitrogens is 1. The molecule has 0 amide bonds. The van der Waals surface area contributed by atoms with Crippen LogP contribution in [0, 0.1) is 5.41 Å². The van der Waals surface area contributed by atoms with Gasteiger partial charge in [-0.3, -0.25) is 4.55 Å². The highest BCUT2D eigenvalue weighted by Gasteiger charge is 2.48. The lowest BCUT2D eigenvalue weighted by Gasteiger charge is -2.43. The minimum Gasteiger partial charge on any atom is -0.492 e. The maximum Gasteiger partial charge on any atom is 0.333 e. The Morgan fingerprint density at radius 2 is 1.69 bits per heavy atom. The SMILES string of the molecule is CCN1c2cc3c(cc2C(C)=CC1(C)C)C(=CC=CC=CC1=[N+](CCCCCC(=O)On2c(O)ccc2O)c2ccc(S(=O)(=O)O)cc2C1(C)CCOC)C=C(C(C)(C)C)O3. The van der Waals surface area contributed by atoms with Crippen LogP contribution in [0.1, 0.15) is 104 Å². The predicted octanol–water partition coefficient (Wildman–Crippen LogP) is 9.29. The highest BCUT2D eigenvalue weighted by atomic mass is 32.2. The quantitative estimate of drug-likeness (QED) is 0.0584. The van der Waals surface area contributed by atoms with Crippen LogP contribution < -0.4 is 14.5 Å². The smallest absolute Gasteiger partial charge is 0.333 e. The van der Waals surface area contributed by atoms with Crippen molar-refractivity contribution in [1.82, 2.24) is 4.73 Å². The zero-order valence-electron chi connectivity index (χ0n) is 36.8. The topological polar surface area (TPSA) is 151 Å². The van der Waals surface area contributed by atoms with Crippen LogP contribution in [0.3, 0.4) is 0 Å². The van der Waals surface area contributed by atoms with E-state index in [1.807, 2.05) is 24.3 Å². The van der Waals surface area contributed by atoms with Crippen molar-refractivity contribution < 1.29 is 46.9 Å². The summed E-state index contributed by atoms with van der Waals surface area (Å²) in [6.45, 7) is 19.1. The molecule has 2 aromatic carbocycles. The number of allylic oxidation sites excluding steroid dienone is 9. The van der Waals surface area contributed by atoms with Gasteiger partial charge in [0.15, 0.2) is 5.71 Å². The van der Waals surface area contributed by atoms with Crippen molar-refractivity contribution in [2.24, 2.45) is 5.41 Å². The van der Waals surface area contributed by atoms with Gasteiger partial charge in [0.05, 0.1) is 15.8 Å². The number of carbonyl (C=O) groups is 1. The molecule has 0 spiro atoms. The molecular weight excluding hydrogens is 795 g/mol. The van der Waals surface area contributed by atoms with Gasteiger partial charge in [0.1, 0.15) is 18.1 Å². The number of methoxy groups -OCH3 is 1. The minimum atomic E-state index is -4.46. The largest absolute Gasteiger partial charge is 0.492 e. The Balaban J connectivity index is 1.31. The Labute approximate surface area is 360 Å². The summed E-state index contributed by atoms with van der Waals surface area (Å²) in [6, 6.07) is 11.6. The number of aromatic hydroxyl groups is 2. The van der Waals surface area contributed by atoms with E-state index in [2.05, 4.69) is 95.2 Å². The first kappa shape index (κ1) is 45.2. The number of hydrogen-bond acceptors (Lipinski definition) is 9. The molecule has 0 bridgehead atoms.